The van der Waals surface area contributed by atoms with Gasteiger partial charge in [0.1, 0.15) is 0 Å². The molecule has 1 heterocycles. The topological polar surface area (TPSA) is 65.2 Å². The van der Waals surface area contributed by atoms with Crippen LogP contribution >= 0.6 is 15.9 Å². The molecule has 0 N–H and O–H groups in total. The van der Waals surface area contributed by atoms with Gasteiger partial charge in [-0.05, 0) is 36.8 Å². The van der Waals surface area contributed by atoms with E-state index in [-0.39, 0.29) is 19.0 Å². The highest BCUT2D eigenvalue weighted by Crippen LogP contribution is 2.18. The summed E-state index contributed by atoms with van der Waals surface area (Å²) in [5.74, 6) is 0.419. The number of nitrogens with zero attached hydrogens (tertiary/aromatic N) is 2. The molecule has 0 saturated heterocycles. The maximum Gasteiger partial charge on any atom is 0.310 e. The zero-order chi connectivity index (χ0) is 16.9. The van der Waals surface area contributed by atoms with Crippen LogP contribution in [-0.4, -0.2) is 16.1 Å². The van der Waals surface area contributed by atoms with Gasteiger partial charge in [0, 0.05) is 10.0 Å². The van der Waals surface area contributed by atoms with Gasteiger partial charge < -0.3 is 9.26 Å². The number of rotatable bonds is 5. The quantitative estimate of drug-likeness (QED) is 0.617. The van der Waals surface area contributed by atoms with Gasteiger partial charge in [0.2, 0.25) is 5.82 Å². The lowest BCUT2D eigenvalue weighted by Crippen LogP contribution is -2.08. The molecule has 5 nitrogen and oxygen atoms in total. The van der Waals surface area contributed by atoms with Crippen molar-refractivity contribution >= 4 is 21.9 Å². The highest BCUT2D eigenvalue weighted by atomic mass is 79.9. The van der Waals surface area contributed by atoms with E-state index < -0.39 is 0 Å². The summed E-state index contributed by atoms with van der Waals surface area (Å²) in [6, 6.07) is 15.3. The van der Waals surface area contributed by atoms with Crippen LogP contribution in [0.15, 0.2) is 57.5 Å². The van der Waals surface area contributed by atoms with E-state index in [1.54, 1.807) is 0 Å². The monoisotopic (exact) mass is 386 g/mol. The smallest absolute Gasteiger partial charge is 0.310 e. The second-order valence-corrected chi connectivity index (χ2v) is 6.26. The predicted octanol–water partition coefficient (Wildman–Crippen LogP) is 4.09. The second kappa shape index (κ2) is 7.40. The highest BCUT2D eigenvalue weighted by molar-refractivity contribution is 9.10. The lowest BCUT2D eigenvalue weighted by atomic mass is 10.1. The molecule has 0 fully saturated rings. The SMILES string of the molecule is Cc1ccc(-c2nc(COC(=O)Cc3ccc(Br)cc3)no2)cc1. The summed E-state index contributed by atoms with van der Waals surface area (Å²) in [4.78, 5) is 16.1. The van der Waals surface area contributed by atoms with Crippen LogP contribution in [0, 0.1) is 6.92 Å². The third-order valence-electron chi connectivity index (χ3n) is 3.39. The molecular weight excluding hydrogens is 372 g/mol. The first-order chi connectivity index (χ1) is 11.6. The fourth-order valence-electron chi connectivity index (χ4n) is 2.09. The number of ether oxygens (including phenoxy) is 1. The molecule has 6 heteroatoms. The average molecular weight is 387 g/mol. The minimum Gasteiger partial charge on any atom is -0.457 e. The van der Waals surface area contributed by atoms with Crippen molar-refractivity contribution in [2.45, 2.75) is 20.0 Å². The van der Waals surface area contributed by atoms with Gasteiger partial charge in [-0.15, -0.1) is 0 Å². The van der Waals surface area contributed by atoms with Crippen molar-refractivity contribution in [1.29, 1.82) is 0 Å². The molecule has 0 aliphatic carbocycles. The summed E-state index contributed by atoms with van der Waals surface area (Å²) >= 11 is 3.36. The van der Waals surface area contributed by atoms with Crippen molar-refractivity contribution in [2.75, 3.05) is 0 Å². The molecule has 0 aliphatic rings. The normalized spacial score (nSPS) is 10.6. The Morgan fingerprint density at radius 1 is 1.12 bits per heavy atom. The van der Waals surface area contributed by atoms with Gasteiger partial charge in [-0.2, -0.15) is 4.98 Å². The van der Waals surface area contributed by atoms with E-state index >= 15 is 0 Å². The van der Waals surface area contributed by atoms with Crippen LogP contribution in [0.4, 0.5) is 0 Å². The summed E-state index contributed by atoms with van der Waals surface area (Å²) in [6.07, 6.45) is 0.204. The Balaban J connectivity index is 1.56. The number of halogens is 1. The Kier molecular flexibility index (Phi) is 5.05. The first kappa shape index (κ1) is 16.4. The summed E-state index contributed by atoms with van der Waals surface area (Å²) < 4.78 is 11.4. The molecule has 1 aromatic heterocycles. The molecule has 3 rings (SSSR count). The third-order valence-corrected chi connectivity index (χ3v) is 3.92. The molecule has 122 valence electrons. The Hall–Kier alpha value is -2.47. The van der Waals surface area contributed by atoms with Crippen molar-refractivity contribution in [3.05, 3.63) is 70.0 Å². The molecule has 0 aliphatic heterocycles. The lowest BCUT2D eigenvalue weighted by molar-refractivity contribution is -0.144. The summed E-state index contributed by atoms with van der Waals surface area (Å²) in [7, 11) is 0. The molecule has 0 bridgehead atoms. The van der Waals surface area contributed by atoms with Gasteiger partial charge in [0.15, 0.2) is 6.61 Å². The second-order valence-electron chi connectivity index (χ2n) is 5.35. The fourth-order valence-corrected chi connectivity index (χ4v) is 2.36. The molecular formula is C18H15BrN2O3. The van der Waals surface area contributed by atoms with Crippen LogP contribution < -0.4 is 0 Å². The Labute approximate surface area is 147 Å². The standard InChI is InChI=1S/C18H15BrN2O3/c1-12-2-6-14(7-3-12)18-20-16(21-24-18)11-23-17(22)10-13-4-8-15(19)9-5-13/h2-9H,10-11H2,1H3. The van der Waals surface area contributed by atoms with Gasteiger partial charge in [-0.25, -0.2) is 0 Å². The minimum atomic E-state index is -0.334. The third kappa shape index (κ3) is 4.29. The largest absolute Gasteiger partial charge is 0.457 e. The van der Waals surface area contributed by atoms with E-state index in [0.29, 0.717) is 11.7 Å². The molecule has 0 spiro atoms. The summed E-state index contributed by atoms with van der Waals surface area (Å²) in [5.41, 5.74) is 2.87. The van der Waals surface area contributed by atoms with Crippen molar-refractivity contribution in [2.24, 2.45) is 0 Å². The van der Waals surface area contributed by atoms with Crippen molar-refractivity contribution < 1.29 is 14.1 Å². The number of hydrogen-bond donors (Lipinski definition) is 0. The van der Waals surface area contributed by atoms with Crippen LogP contribution in [-0.2, 0) is 22.6 Å². The van der Waals surface area contributed by atoms with Crippen LogP contribution in [0.2, 0.25) is 0 Å². The van der Waals surface area contributed by atoms with E-state index in [9.17, 15) is 4.79 Å². The zero-order valence-electron chi connectivity index (χ0n) is 13.0. The predicted molar refractivity (Wildman–Crippen MR) is 92.1 cm³/mol. The first-order valence-electron chi connectivity index (χ1n) is 7.40. The lowest BCUT2D eigenvalue weighted by Gasteiger charge is -2.02. The van der Waals surface area contributed by atoms with E-state index in [0.717, 1.165) is 21.2 Å². The van der Waals surface area contributed by atoms with Crippen molar-refractivity contribution in [3.8, 4) is 11.5 Å². The van der Waals surface area contributed by atoms with E-state index in [2.05, 4.69) is 26.1 Å². The maximum absolute atomic E-state index is 11.9. The van der Waals surface area contributed by atoms with Crippen LogP contribution in [0.25, 0.3) is 11.5 Å². The Morgan fingerprint density at radius 3 is 2.54 bits per heavy atom. The van der Waals surface area contributed by atoms with Gasteiger partial charge in [0.05, 0.1) is 6.42 Å². The highest BCUT2D eigenvalue weighted by Gasteiger charge is 2.11. The number of esters is 1. The van der Waals surface area contributed by atoms with Crippen molar-refractivity contribution in [3.63, 3.8) is 0 Å². The van der Waals surface area contributed by atoms with Crippen molar-refractivity contribution in [1.82, 2.24) is 10.1 Å². The molecule has 0 amide bonds. The molecule has 0 unspecified atom stereocenters. The van der Waals surface area contributed by atoms with Gasteiger partial charge >= 0.3 is 5.97 Å². The fraction of sp³-hybridized carbons (Fsp3) is 0.167. The van der Waals surface area contributed by atoms with Gasteiger partial charge in [-0.3, -0.25) is 4.79 Å². The van der Waals surface area contributed by atoms with Crippen LogP contribution in [0.5, 0.6) is 0 Å². The molecule has 2 aromatic carbocycles. The van der Waals surface area contributed by atoms with Crippen LogP contribution in [0.3, 0.4) is 0 Å². The summed E-state index contributed by atoms with van der Waals surface area (Å²) in [5, 5.41) is 3.84. The molecule has 24 heavy (non-hydrogen) atoms. The number of aryl methyl sites for hydroxylation is 1. The number of carbonyl (C=O) groups excluding carboxylic acids is 1. The number of hydrogen-bond acceptors (Lipinski definition) is 5. The van der Waals surface area contributed by atoms with Gasteiger partial charge in [0.25, 0.3) is 5.89 Å². The summed E-state index contributed by atoms with van der Waals surface area (Å²) in [6.45, 7) is 2.00. The van der Waals surface area contributed by atoms with E-state index in [1.165, 1.54) is 0 Å². The average Bonchev–Trinajstić information content (AvgIpc) is 3.05. The number of aromatic nitrogens is 2. The molecule has 3 aromatic rings. The maximum atomic E-state index is 11.9. The molecule has 0 atom stereocenters. The number of benzene rings is 2. The minimum absolute atomic E-state index is 0.00920. The Bertz CT molecular complexity index is 826. The Morgan fingerprint density at radius 2 is 1.83 bits per heavy atom. The first-order valence-corrected chi connectivity index (χ1v) is 8.19. The zero-order valence-corrected chi connectivity index (χ0v) is 14.6. The van der Waals surface area contributed by atoms with E-state index in [1.807, 2.05) is 55.5 Å². The van der Waals surface area contributed by atoms with E-state index in [4.69, 9.17) is 9.26 Å². The van der Waals surface area contributed by atoms with Crippen LogP contribution in [0.1, 0.15) is 17.0 Å². The molecule has 0 saturated carbocycles. The number of carbonyl (C=O) groups is 1. The molecule has 0 radical (unpaired) electrons. The van der Waals surface area contributed by atoms with Gasteiger partial charge in [-0.1, -0.05) is 50.9 Å².